The molecule has 6 nitrogen and oxygen atoms in total. The molecule has 1 N–H and O–H groups in total. The van der Waals surface area contributed by atoms with Gasteiger partial charge in [0.1, 0.15) is 11.1 Å². The van der Waals surface area contributed by atoms with E-state index >= 15 is 0 Å². The van der Waals surface area contributed by atoms with Crippen molar-refractivity contribution in [3.8, 4) is 0 Å². The van der Waals surface area contributed by atoms with Crippen LogP contribution in [0.25, 0.3) is 0 Å². The number of amides is 1. The van der Waals surface area contributed by atoms with E-state index in [1.807, 2.05) is 19.0 Å². The van der Waals surface area contributed by atoms with E-state index in [1.165, 1.54) is 6.92 Å². The van der Waals surface area contributed by atoms with Gasteiger partial charge in [-0.1, -0.05) is 0 Å². The second-order valence-electron chi connectivity index (χ2n) is 4.26. The molecule has 1 rings (SSSR count). The van der Waals surface area contributed by atoms with Gasteiger partial charge in [-0.05, 0) is 19.1 Å². The van der Waals surface area contributed by atoms with E-state index in [-0.39, 0.29) is 0 Å². The average molecular weight is 271 g/mol. The zero-order valence-electron chi connectivity index (χ0n) is 10.8. The minimum atomic E-state index is -3.39. The fourth-order valence-corrected chi connectivity index (χ4v) is 1.59. The summed E-state index contributed by atoms with van der Waals surface area (Å²) in [5, 5.41) is 1.38. The monoisotopic (exact) mass is 271 g/mol. The topological polar surface area (TPSA) is 79.4 Å². The van der Waals surface area contributed by atoms with Gasteiger partial charge in [-0.3, -0.25) is 4.79 Å². The number of anilines is 2. The molecule has 1 amide bonds. The molecule has 18 heavy (non-hydrogen) atoms. The predicted molar refractivity (Wildman–Crippen MR) is 71.5 cm³/mol. The largest absolute Gasteiger partial charge is 0.376 e. The van der Waals surface area contributed by atoms with Gasteiger partial charge in [0.2, 0.25) is 5.91 Å². The molecule has 1 aromatic heterocycles. The molecular formula is C11H17N3O3S. The molecule has 1 aromatic rings. The van der Waals surface area contributed by atoms with Gasteiger partial charge in [0.15, 0.2) is 9.84 Å². The molecule has 0 aromatic carbocycles. The van der Waals surface area contributed by atoms with Crippen LogP contribution in [0, 0.1) is 0 Å². The second kappa shape index (κ2) is 5.34. The van der Waals surface area contributed by atoms with Crippen LogP contribution < -0.4 is 10.2 Å². The molecule has 0 fully saturated rings. The Labute approximate surface area is 107 Å². The first-order chi connectivity index (χ1) is 8.21. The van der Waals surface area contributed by atoms with Crippen molar-refractivity contribution in [1.29, 1.82) is 0 Å². The molecular weight excluding hydrogens is 254 g/mol. The number of carbonyl (C=O) groups is 1. The number of aromatic nitrogens is 1. The molecule has 1 heterocycles. The van der Waals surface area contributed by atoms with Crippen molar-refractivity contribution in [2.45, 2.75) is 12.2 Å². The van der Waals surface area contributed by atoms with Crippen LogP contribution in [-0.4, -0.2) is 44.9 Å². The first-order valence-electron chi connectivity index (χ1n) is 5.35. The Kier molecular flexibility index (Phi) is 4.28. The molecule has 0 spiro atoms. The summed E-state index contributed by atoms with van der Waals surface area (Å²) in [7, 11) is 0.360. The van der Waals surface area contributed by atoms with Gasteiger partial charge in [0, 0.05) is 20.4 Å². The summed E-state index contributed by atoms with van der Waals surface area (Å²) in [4.78, 5) is 17.5. The molecule has 0 saturated carbocycles. The van der Waals surface area contributed by atoms with E-state index in [9.17, 15) is 13.2 Å². The van der Waals surface area contributed by atoms with Gasteiger partial charge in [0.25, 0.3) is 0 Å². The number of rotatable bonds is 4. The van der Waals surface area contributed by atoms with E-state index in [4.69, 9.17) is 0 Å². The van der Waals surface area contributed by atoms with Crippen molar-refractivity contribution in [1.82, 2.24) is 4.98 Å². The Hall–Kier alpha value is -1.63. The predicted octanol–water partition coefficient (Wildman–Crippen LogP) is 0.519. The minimum Gasteiger partial charge on any atom is -0.376 e. The van der Waals surface area contributed by atoms with Crippen molar-refractivity contribution in [3.63, 3.8) is 0 Å². The Morgan fingerprint density at radius 1 is 1.39 bits per heavy atom. The zero-order valence-corrected chi connectivity index (χ0v) is 11.7. The second-order valence-corrected chi connectivity index (χ2v) is 6.62. The highest BCUT2D eigenvalue weighted by molar-refractivity contribution is 7.92. The summed E-state index contributed by atoms with van der Waals surface area (Å²) in [6, 6.07) is 3.41. The van der Waals surface area contributed by atoms with Gasteiger partial charge in [-0.15, -0.1) is 0 Å². The van der Waals surface area contributed by atoms with E-state index in [1.54, 1.807) is 18.3 Å². The van der Waals surface area contributed by atoms with Gasteiger partial charge in [0.05, 0.1) is 11.9 Å². The van der Waals surface area contributed by atoms with Crippen LogP contribution in [0.5, 0.6) is 0 Å². The third-order valence-electron chi connectivity index (χ3n) is 2.53. The van der Waals surface area contributed by atoms with Crippen LogP contribution >= 0.6 is 0 Å². The fourth-order valence-electron chi connectivity index (χ4n) is 1.15. The van der Waals surface area contributed by atoms with E-state index in [0.29, 0.717) is 5.82 Å². The lowest BCUT2D eigenvalue weighted by molar-refractivity contribution is -0.115. The van der Waals surface area contributed by atoms with Gasteiger partial charge >= 0.3 is 0 Å². The first kappa shape index (κ1) is 14.4. The van der Waals surface area contributed by atoms with Crippen molar-refractivity contribution in [3.05, 3.63) is 18.3 Å². The molecule has 0 unspecified atom stereocenters. The summed E-state index contributed by atoms with van der Waals surface area (Å²) in [5.41, 5.74) is 0.893. The number of hydrogen-bond donors (Lipinski definition) is 1. The maximum Gasteiger partial charge on any atom is 0.243 e. The van der Waals surface area contributed by atoms with E-state index < -0.39 is 21.0 Å². The lowest BCUT2D eigenvalue weighted by atomic mass is 10.3. The van der Waals surface area contributed by atoms with Crippen molar-refractivity contribution < 1.29 is 13.2 Å². The summed E-state index contributed by atoms with van der Waals surface area (Å²) in [5.74, 6) is -0.247. The maximum atomic E-state index is 11.6. The Bertz CT molecular complexity index is 523. The quantitative estimate of drug-likeness (QED) is 0.863. The summed E-state index contributed by atoms with van der Waals surface area (Å²) < 4.78 is 22.4. The molecule has 7 heteroatoms. The average Bonchev–Trinajstić information content (AvgIpc) is 2.27. The first-order valence-corrected chi connectivity index (χ1v) is 7.30. The molecule has 0 bridgehead atoms. The third kappa shape index (κ3) is 3.69. The molecule has 0 radical (unpaired) electrons. The fraction of sp³-hybridized carbons (Fsp3) is 0.455. The van der Waals surface area contributed by atoms with Crippen LogP contribution in [0.4, 0.5) is 11.5 Å². The standard InChI is InChI=1S/C11H17N3O3S/c1-8(18(4,16)17)11(15)13-10-6-5-9(7-12-10)14(2)3/h5-8H,1-4H3,(H,12,13,15)/t8-/m0/s1. The third-order valence-corrected chi connectivity index (χ3v) is 4.03. The van der Waals surface area contributed by atoms with Crippen LogP contribution in [0.15, 0.2) is 18.3 Å². The number of nitrogens with one attached hydrogen (secondary N) is 1. The smallest absolute Gasteiger partial charge is 0.243 e. The molecule has 1 atom stereocenters. The van der Waals surface area contributed by atoms with E-state index in [0.717, 1.165) is 11.9 Å². The van der Waals surface area contributed by atoms with Crippen molar-refractivity contribution in [2.75, 3.05) is 30.6 Å². The number of nitrogens with zero attached hydrogens (tertiary/aromatic N) is 2. The van der Waals surface area contributed by atoms with Crippen LogP contribution in [-0.2, 0) is 14.6 Å². The number of hydrogen-bond acceptors (Lipinski definition) is 5. The molecule has 0 aliphatic rings. The molecule has 0 saturated heterocycles. The summed E-state index contributed by atoms with van der Waals surface area (Å²) in [6.07, 6.45) is 2.63. The highest BCUT2D eigenvalue weighted by Gasteiger charge is 2.23. The van der Waals surface area contributed by atoms with Crippen LogP contribution in [0.2, 0.25) is 0 Å². The minimum absolute atomic E-state index is 0.334. The van der Waals surface area contributed by atoms with Crippen LogP contribution in [0.3, 0.4) is 0 Å². The lowest BCUT2D eigenvalue weighted by Crippen LogP contribution is -2.32. The van der Waals surface area contributed by atoms with Gasteiger partial charge in [-0.25, -0.2) is 13.4 Å². The highest BCUT2D eigenvalue weighted by Crippen LogP contribution is 2.12. The molecule has 0 aliphatic heterocycles. The van der Waals surface area contributed by atoms with Crippen LogP contribution in [0.1, 0.15) is 6.92 Å². The Morgan fingerprint density at radius 2 is 2.00 bits per heavy atom. The van der Waals surface area contributed by atoms with Crippen molar-refractivity contribution in [2.24, 2.45) is 0 Å². The zero-order chi connectivity index (χ0) is 13.9. The Morgan fingerprint density at radius 3 is 2.39 bits per heavy atom. The number of pyridine rings is 1. The maximum absolute atomic E-state index is 11.6. The normalized spacial score (nSPS) is 12.9. The SMILES string of the molecule is C[C@@H](C(=O)Nc1ccc(N(C)C)cn1)S(C)(=O)=O. The summed E-state index contributed by atoms with van der Waals surface area (Å²) >= 11 is 0. The highest BCUT2D eigenvalue weighted by atomic mass is 32.2. The van der Waals surface area contributed by atoms with Gasteiger partial charge in [-0.2, -0.15) is 0 Å². The Balaban J connectivity index is 2.77. The lowest BCUT2D eigenvalue weighted by Gasteiger charge is -2.13. The van der Waals surface area contributed by atoms with Crippen molar-refractivity contribution >= 4 is 27.2 Å². The molecule has 0 aliphatic carbocycles. The number of carbonyl (C=O) groups excluding carboxylic acids is 1. The molecule has 100 valence electrons. The number of sulfone groups is 1. The van der Waals surface area contributed by atoms with E-state index in [2.05, 4.69) is 10.3 Å². The summed E-state index contributed by atoms with van der Waals surface area (Å²) in [6.45, 7) is 1.35. The van der Waals surface area contributed by atoms with Gasteiger partial charge < -0.3 is 10.2 Å².